The number of rotatable bonds is 5. The molecule has 5 heteroatoms. The Hall–Kier alpha value is -0.650. The highest BCUT2D eigenvalue weighted by Gasteiger charge is 2.34. The first-order valence-electron chi connectivity index (χ1n) is 6.84. The van der Waals surface area contributed by atoms with Gasteiger partial charge >= 0.3 is 0 Å². The van der Waals surface area contributed by atoms with E-state index in [0.29, 0.717) is 12.6 Å². The number of nitrogens with one attached hydrogen (secondary N) is 1. The molecule has 1 rings (SSSR count). The smallest absolute Gasteiger partial charge is 0.238 e. The zero-order chi connectivity index (χ0) is 13.8. The van der Waals surface area contributed by atoms with Crippen LogP contribution in [0.1, 0.15) is 26.7 Å². The molecule has 5 nitrogen and oxygen atoms in total. The molecular weight excluding hydrogens is 228 g/mol. The highest BCUT2D eigenvalue weighted by atomic mass is 16.1. The van der Waals surface area contributed by atoms with Crippen molar-refractivity contribution in [2.24, 2.45) is 5.73 Å². The summed E-state index contributed by atoms with van der Waals surface area (Å²) in [5.41, 5.74) is 4.87. The van der Waals surface area contributed by atoms with Crippen LogP contribution in [-0.2, 0) is 4.79 Å². The summed E-state index contributed by atoms with van der Waals surface area (Å²) in [5.74, 6) is -0.280. The van der Waals surface area contributed by atoms with Crippen LogP contribution in [0.15, 0.2) is 0 Å². The Kier molecular flexibility index (Phi) is 5.56. The number of likely N-dealkylation sites (N-methyl/N-ethyl adjacent to an activating group) is 2. The van der Waals surface area contributed by atoms with Crippen molar-refractivity contribution in [2.45, 2.75) is 38.3 Å². The Morgan fingerprint density at radius 3 is 2.67 bits per heavy atom. The standard InChI is InChI=1S/C13H28N4O/c1-5-11-9-16(4)7-6-8-17(11)10-13(2,15-3)12(14)18/h11,15H,5-10H2,1-4H3,(H2,14,18). The van der Waals surface area contributed by atoms with Crippen LogP contribution in [0.25, 0.3) is 0 Å². The predicted octanol–water partition coefficient (Wildman–Crippen LogP) is -0.134. The van der Waals surface area contributed by atoms with Crippen LogP contribution in [0, 0.1) is 0 Å². The summed E-state index contributed by atoms with van der Waals surface area (Å²) in [6, 6.07) is 0.504. The van der Waals surface area contributed by atoms with E-state index >= 15 is 0 Å². The fourth-order valence-electron chi connectivity index (χ4n) is 2.57. The molecule has 2 unspecified atom stereocenters. The monoisotopic (exact) mass is 256 g/mol. The average Bonchev–Trinajstić information content (AvgIpc) is 2.50. The second kappa shape index (κ2) is 6.50. The lowest BCUT2D eigenvalue weighted by atomic mass is 9.99. The van der Waals surface area contributed by atoms with Gasteiger partial charge < -0.3 is 16.0 Å². The van der Waals surface area contributed by atoms with Gasteiger partial charge in [-0.2, -0.15) is 0 Å². The van der Waals surface area contributed by atoms with Crippen molar-refractivity contribution in [3.05, 3.63) is 0 Å². The molecule has 0 aromatic heterocycles. The first kappa shape index (κ1) is 15.4. The number of carbonyl (C=O) groups excluding carboxylic acids is 1. The number of hydrogen-bond acceptors (Lipinski definition) is 4. The number of primary amides is 1. The fourth-order valence-corrected chi connectivity index (χ4v) is 2.57. The van der Waals surface area contributed by atoms with E-state index in [0.717, 1.165) is 32.5 Å². The molecule has 1 fully saturated rings. The SMILES string of the molecule is CCC1CN(C)CCCN1CC(C)(NC)C(N)=O. The first-order chi connectivity index (χ1) is 8.42. The maximum Gasteiger partial charge on any atom is 0.238 e. The molecule has 1 amide bonds. The van der Waals surface area contributed by atoms with E-state index in [1.165, 1.54) is 0 Å². The molecule has 1 saturated heterocycles. The van der Waals surface area contributed by atoms with E-state index in [9.17, 15) is 4.79 Å². The minimum Gasteiger partial charge on any atom is -0.368 e. The molecule has 0 aromatic carbocycles. The molecule has 0 aliphatic carbocycles. The number of nitrogens with zero attached hydrogens (tertiary/aromatic N) is 2. The van der Waals surface area contributed by atoms with Crippen molar-refractivity contribution in [3.63, 3.8) is 0 Å². The maximum atomic E-state index is 11.6. The Bertz CT molecular complexity index is 284. The summed E-state index contributed by atoms with van der Waals surface area (Å²) in [6.45, 7) is 8.00. The summed E-state index contributed by atoms with van der Waals surface area (Å²) in [4.78, 5) is 16.4. The summed E-state index contributed by atoms with van der Waals surface area (Å²) >= 11 is 0. The van der Waals surface area contributed by atoms with E-state index < -0.39 is 5.54 Å². The van der Waals surface area contributed by atoms with E-state index in [-0.39, 0.29) is 5.91 Å². The van der Waals surface area contributed by atoms with Crippen LogP contribution in [0.4, 0.5) is 0 Å². The third kappa shape index (κ3) is 3.67. The minimum atomic E-state index is -0.643. The average molecular weight is 256 g/mol. The van der Waals surface area contributed by atoms with Gasteiger partial charge in [-0.15, -0.1) is 0 Å². The van der Waals surface area contributed by atoms with Gasteiger partial charge in [-0.05, 0) is 47.0 Å². The van der Waals surface area contributed by atoms with Crippen LogP contribution in [0.3, 0.4) is 0 Å². The highest BCUT2D eigenvalue weighted by Crippen LogP contribution is 2.16. The first-order valence-corrected chi connectivity index (χ1v) is 6.84. The summed E-state index contributed by atoms with van der Waals surface area (Å²) in [7, 11) is 3.97. The predicted molar refractivity (Wildman–Crippen MR) is 74.4 cm³/mol. The van der Waals surface area contributed by atoms with Crippen molar-refractivity contribution in [2.75, 3.05) is 40.3 Å². The Morgan fingerprint density at radius 1 is 1.50 bits per heavy atom. The largest absolute Gasteiger partial charge is 0.368 e. The van der Waals surface area contributed by atoms with Gasteiger partial charge in [0.05, 0.1) is 0 Å². The topological polar surface area (TPSA) is 61.6 Å². The zero-order valence-corrected chi connectivity index (χ0v) is 12.2. The third-order valence-electron chi connectivity index (χ3n) is 4.11. The third-order valence-corrected chi connectivity index (χ3v) is 4.11. The molecule has 0 bridgehead atoms. The zero-order valence-electron chi connectivity index (χ0n) is 12.2. The van der Waals surface area contributed by atoms with Crippen molar-refractivity contribution < 1.29 is 4.79 Å². The van der Waals surface area contributed by atoms with Gasteiger partial charge in [0.2, 0.25) is 5.91 Å². The van der Waals surface area contributed by atoms with E-state index in [2.05, 4.69) is 29.1 Å². The lowest BCUT2D eigenvalue weighted by Crippen LogP contribution is -2.60. The molecule has 0 radical (unpaired) electrons. The second-order valence-electron chi connectivity index (χ2n) is 5.59. The summed E-state index contributed by atoms with van der Waals surface area (Å²) in [5, 5.41) is 3.07. The quantitative estimate of drug-likeness (QED) is 0.719. The summed E-state index contributed by atoms with van der Waals surface area (Å²) in [6.07, 6.45) is 2.24. The number of nitrogens with two attached hydrogens (primary N) is 1. The van der Waals surface area contributed by atoms with Crippen molar-refractivity contribution in [1.29, 1.82) is 0 Å². The lowest BCUT2D eigenvalue weighted by Gasteiger charge is -2.37. The number of amides is 1. The van der Waals surface area contributed by atoms with Crippen molar-refractivity contribution in [1.82, 2.24) is 15.1 Å². The fraction of sp³-hybridized carbons (Fsp3) is 0.923. The molecule has 0 aromatic rings. The van der Waals surface area contributed by atoms with E-state index in [4.69, 9.17) is 5.73 Å². The molecule has 18 heavy (non-hydrogen) atoms. The van der Waals surface area contributed by atoms with Gasteiger partial charge in [0, 0.05) is 19.1 Å². The van der Waals surface area contributed by atoms with Gasteiger partial charge in [-0.25, -0.2) is 0 Å². The molecule has 0 spiro atoms. The van der Waals surface area contributed by atoms with E-state index in [1.807, 2.05) is 6.92 Å². The van der Waals surface area contributed by atoms with Crippen LogP contribution in [-0.4, -0.2) is 67.6 Å². The molecule has 3 N–H and O–H groups in total. The number of hydrogen-bond donors (Lipinski definition) is 2. The molecule has 106 valence electrons. The van der Waals surface area contributed by atoms with Gasteiger partial charge in [-0.1, -0.05) is 6.92 Å². The Labute approximate surface area is 111 Å². The highest BCUT2D eigenvalue weighted by molar-refractivity contribution is 5.84. The van der Waals surface area contributed by atoms with Gasteiger partial charge in [-0.3, -0.25) is 9.69 Å². The van der Waals surface area contributed by atoms with Crippen molar-refractivity contribution in [3.8, 4) is 0 Å². The second-order valence-corrected chi connectivity index (χ2v) is 5.59. The summed E-state index contributed by atoms with van der Waals surface area (Å²) < 4.78 is 0. The molecule has 1 aliphatic rings. The Morgan fingerprint density at radius 2 is 2.17 bits per heavy atom. The minimum absolute atomic E-state index is 0.280. The molecule has 1 heterocycles. The lowest BCUT2D eigenvalue weighted by molar-refractivity contribution is -0.124. The van der Waals surface area contributed by atoms with Gasteiger partial charge in [0.15, 0.2) is 0 Å². The van der Waals surface area contributed by atoms with Crippen molar-refractivity contribution >= 4 is 5.91 Å². The Balaban J connectivity index is 2.76. The van der Waals surface area contributed by atoms with E-state index in [1.54, 1.807) is 7.05 Å². The maximum absolute atomic E-state index is 11.6. The molecule has 1 aliphatic heterocycles. The van der Waals surface area contributed by atoms with Gasteiger partial charge in [0.25, 0.3) is 0 Å². The number of carbonyl (C=O) groups is 1. The van der Waals surface area contributed by atoms with Crippen LogP contribution < -0.4 is 11.1 Å². The van der Waals surface area contributed by atoms with Crippen LogP contribution in [0.2, 0.25) is 0 Å². The van der Waals surface area contributed by atoms with Crippen LogP contribution >= 0.6 is 0 Å². The molecule has 2 atom stereocenters. The molecular formula is C13H28N4O. The van der Waals surface area contributed by atoms with Gasteiger partial charge in [0.1, 0.15) is 5.54 Å². The van der Waals surface area contributed by atoms with Crippen LogP contribution in [0.5, 0.6) is 0 Å². The normalized spacial score (nSPS) is 26.6. The molecule has 0 saturated carbocycles.